The zero-order valence-corrected chi connectivity index (χ0v) is 15.6. The summed E-state index contributed by atoms with van der Waals surface area (Å²) in [4.78, 5) is 24.3. The molecular weight excluding hydrogens is 388 g/mol. The zero-order chi connectivity index (χ0) is 18.2. The van der Waals surface area contributed by atoms with Crippen molar-refractivity contribution < 1.29 is 19.1 Å². The van der Waals surface area contributed by atoms with Gasteiger partial charge in [-0.1, -0.05) is 13.0 Å². The molecule has 0 aliphatic heterocycles. The molecule has 25 heavy (non-hydrogen) atoms. The number of halogens is 1. The second kappa shape index (κ2) is 9.08. The fourth-order valence-corrected chi connectivity index (χ4v) is 2.55. The summed E-state index contributed by atoms with van der Waals surface area (Å²) in [6.45, 7) is 2.58. The Hall–Kier alpha value is -2.54. The van der Waals surface area contributed by atoms with E-state index in [-0.39, 0.29) is 0 Å². The van der Waals surface area contributed by atoms with Gasteiger partial charge in [-0.15, -0.1) is 0 Å². The van der Waals surface area contributed by atoms with Crippen molar-refractivity contribution in [3.8, 4) is 11.5 Å². The number of carbonyl (C=O) groups is 2. The highest BCUT2D eigenvalue weighted by Gasteiger charge is 2.11. The molecule has 7 heteroatoms. The number of nitrogens with one attached hydrogen (secondary N) is 2. The Labute approximate surface area is 154 Å². The lowest BCUT2D eigenvalue weighted by atomic mass is 10.2. The molecule has 0 aliphatic carbocycles. The van der Waals surface area contributed by atoms with Crippen LogP contribution in [0.2, 0.25) is 0 Å². The summed E-state index contributed by atoms with van der Waals surface area (Å²) in [5, 5.41) is 0. The molecule has 0 atom stereocenters. The molecule has 2 aromatic rings. The van der Waals surface area contributed by atoms with Crippen molar-refractivity contribution in [3.63, 3.8) is 0 Å². The number of carbonyl (C=O) groups excluding carboxylic acids is 2. The monoisotopic (exact) mass is 406 g/mol. The van der Waals surface area contributed by atoms with Gasteiger partial charge in [-0.25, -0.2) is 0 Å². The van der Waals surface area contributed by atoms with Crippen LogP contribution in [-0.4, -0.2) is 25.5 Å². The molecule has 2 rings (SSSR count). The maximum Gasteiger partial charge on any atom is 0.269 e. The second-order valence-electron chi connectivity index (χ2n) is 5.13. The number of hydrogen-bond acceptors (Lipinski definition) is 4. The number of hydrogen-bond donors (Lipinski definition) is 2. The predicted molar refractivity (Wildman–Crippen MR) is 97.9 cm³/mol. The SMILES string of the molecule is CCCOc1cccc(C(=O)NNC(=O)c2ccc(OC)c(Br)c2)c1. The average molecular weight is 407 g/mol. The van der Waals surface area contributed by atoms with Crippen molar-refractivity contribution in [2.24, 2.45) is 0 Å². The number of benzene rings is 2. The van der Waals surface area contributed by atoms with Gasteiger partial charge >= 0.3 is 0 Å². The number of amides is 2. The number of hydrazine groups is 1. The molecule has 132 valence electrons. The maximum absolute atomic E-state index is 12.2. The second-order valence-corrected chi connectivity index (χ2v) is 5.99. The molecule has 0 bridgehead atoms. The Balaban J connectivity index is 1.97. The Bertz CT molecular complexity index is 764. The molecule has 0 heterocycles. The Morgan fingerprint density at radius 3 is 2.32 bits per heavy atom. The number of rotatable bonds is 6. The molecule has 2 aromatic carbocycles. The van der Waals surface area contributed by atoms with Crippen LogP contribution in [0.25, 0.3) is 0 Å². The van der Waals surface area contributed by atoms with Crippen LogP contribution in [0.4, 0.5) is 0 Å². The third kappa shape index (κ3) is 5.22. The van der Waals surface area contributed by atoms with E-state index in [1.54, 1.807) is 49.6 Å². The van der Waals surface area contributed by atoms with Crippen LogP contribution < -0.4 is 20.3 Å². The summed E-state index contributed by atoms with van der Waals surface area (Å²) >= 11 is 3.31. The van der Waals surface area contributed by atoms with Gasteiger partial charge in [-0.2, -0.15) is 0 Å². The van der Waals surface area contributed by atoms with Crippen molar-refractivity contribution in [1.29, 1.82) is 0 Å². The van der Waals surface area contributed by atoms with Crippen LogP contribution in [0, 0.1) is 0 Å². The van der Waals surface area contributed by atoms with E-state index in [0.717, 1.165) is 6.42 Å². The Kier molecular flexibility index (Phi) is 6.82. The smallest absolute Gasteiger partial charge is 0.269 e. The first-order chi connectivity index (χ1) is 12.0. The van der Waals surface area contributed by atoms with E-state index < -0.39 is 11.8 Å². The summed E-state index contributed by atoms with van der Waals surface area (Å²) in [7, 11) is 1.54. The predicted octanol–water partition coefficient (Wildman–Crippen LogP) is 3.32. The first-order valence-corrected chi connectivity index (χ1v) is 8.51. The number of ether oxygens (including phenoxy) is 2. The average Bonchev–Trinajstić information content (AvgIpc) is 2.64. The topological polar surface area (TPSA) is 76.7 Å². The van der Waals surface area contributed by atoms with Gasteiger partial charge in [0.05, 0.1) is 18.2 Å². The quantitative estimate of drug-likeness (QED) is 0.721. The maximum atomic E-state index is 12.2. The first-order valence-electron chi connectivity index (χ1n) is 7.72. The van der Waals surface area contributed by atoms with Crippen LogP contribution in [0.3, 0.4) is 0 Å². The summed E-state index contributed by atoms with van der Waals surface area (Å²) in [6, 6.07) is 11.6. The number of methoxy groups -OCH3 is 1. The van der Waals surface area contributed by atoms with E-state index in [9.17, 15) is 9.59 Å². The summed E-state index contributed by atoms with van der Waals surface area (Å²) in [6.07, 6.45) is 0.879. The van der Waals surface area contributed by atoms with Crippen molar-refractivity contribution in [1.82, 2.24) is 10.9 Å². The minimum Gasteiger partial charge on any atom is -0.496 e. The van der Waals surface area contributed by atoms with Crippen LogP contribution in [0.5, 0.6) is 11.5 Å². The third-order valence-electron chi connectivity index (χ3n) is 3.27. The van der Waals surface area contributed by atoms with Crippen molar-refractivity contribution in [2.45, 2.75) is 13.3 Å². The van der Waals surface area contributed by atoms with Gasteiger partial charge in [0, 0.05) is 11.1 Å². The van der Waals surface area contributed by atoms with Gasteiger partial charge in [-0.05, 0) is 58.7 Å². The van der Waals surface area contributed by atoms with Gasteiger partial charge < -0.3 is 9.47 Å². The van der Waals surface area contributed by atoms with Crippen LogP contribution in [-0.2, 0) is 0 Å². The Morgan fingerprint density at radius 1 is 1.04 bits per heavy atom. The van der Waals surface area contributed by atoms with Crippen molar-refractivity contribution in [3.05, 3.63) is 58.1 Å². The summed E-state index contributed by atoms with van der Waals surface area (Å²) < 4.78 is 11.3. The minimum atomic E-state index is -0.435. The largest absolute Gasteiger partial charge is 0.496 e. The fraction of sp³-hybridized carbons (Fsp3) is 0.222. The van der Waals surface area contributed by atoms with E-state index in [1.807, 2.05) is 6.92 Å². The lowest BCUT2D eigenvalue weighted by Crippen LogP contribution is -2.41. The van der Waals surface area contributed by atoms with Gasteiger partial charge in [0.1, 0.15) is 11.5 Å². The molecule has 0 saturated carbocycles. The van der Waals surface area contributed by atoms with E-state index in [4.69, 9.17) is 9.47 Å². The van der Waals surface area contributed by atoms with E-state index in [1.165, 1.54) is 0 Å². The molecule has 2 amide bonds. The molecule has 0 aromatic heterocycles. The zero-order valence-electron chi connectivity index (χ0n) is 14.0. The minimum absolute atomic E-state index is 0.382. The van der Waals surface area contributed by atoms with E-state index >= 15 is 0 Å². The molecule has 0 fully saturated rings. The lowest BCUT2D eigenvalue weighted by Gasteiger charge is -2.10. The highest BCUT2D eigenvalue weighted by Crippen LogP contribution is 2.25. The summed E-state index contributed by atoms with van der Waals surface area (Å²) in [5.41, 5.74) is 5.55. The highest BCUT2D eigenvalue weighted by atomic mass is 79.9. The molecular formula is C18H19BrN2O4. The molecule has 2 N–H and O–H groups in total. The molecule has 0 aliphatic rings. The molecule has 0 spiro atoms. The van der Waals surface area contributed by atoms with Crippen LogP contribution in [0.1, 0.15) is 34.1 Å². The van der Waals surface area contributed by atoms with Crippen LogP contribution >= 0.6 is 15.9 Å². The summed E-state index contributed by atoms with van der Waals surface area (Å²) in [5.74, 6) is 0.363. The Morgan fingerprint density at radius 2 is 1.72 bits per heavy atom. The first kappa shape index (κ1) is 18.8. The molecule has 0 saturated heterocycles. The molecule has 0 radical (unpaired) electrons. The van der Waals surface area contributed by atoms with Crippen LogP contribution in [0.15, 0.2) is 46.9 Å². The third-order valence-corrected chi connectivity index (χ3v) is 3.89. The fourth-order valence-electron chi connectivity index (χ4n) is 2.01. The molecule has 6 nitrogen and oxygen atoms in total. The molecule has 0 unspecified atom stereocenters. The normalized spacial score (nSPS) is 10.0. The highest BCUT2D eigenvalue weighted by molar-refractivity contribution is 9.10. The van der Waals surface area contributed by atoms with Crippen molar-refractivity contribution in [2.75, 3.05) is 13.7 Å². The van der Waals surface area contributed by atoms with Gasteiger partial charge in [-0.3, -0.25) is 20.4 Å². The standard InChI is InChI=1S/C18H19BrN2O4/c1-3-9-25-14-6-4-5-12(10-14)17(22)20-21-18(23)13-7-8-16(24-2)15(19)11-13/h4-8,10-11H,3,9H2,1-2H3,(H,20,22)(H,21,23). The van der Waals surface area contributed by atoms with E-state index in [0.29, 0.717) is 33.7 Å². The van der Waals surface area contributed by atoms with Crippen molar-refractivity contribution >= 4 is 27.7 Å². The van der Waals surface area contributed by atoms with Gasteiger partial charge in [0.15, 0.2) is 0 Å². The van der Waals surface area contributed by atoms with Gasteiger partial charge in [0.25, 0.3) is 11.8 Å². The lowest BCUT2D eigenvalue weighted by molar-refractivity contribution is 0.0846. The van der Waals surface area contributed by atoms with Gasteiger partial charge in [0.2, 0.25) is 0 Å². The van der Waals surface area contributed by atoms with E-state index in [2.05, 4.69) is 26.8 Å².